The van der Waals surface area contributed by atoms with Gasteiger partial charge >= 0.3 is 12.0 Å². The number of carboxylic acid groups (broad SMARTS) is 1. The molecule has 1 aromatic carbocycles. The minimum atomic E-state index is -0.875. The van der Waals surface area contributed by atoms with Crippen LogP contribution in [0.1, 0.15) is 19.4 Å². The van der Waals surface area contributed by atoms with Gasteiger partial charge in [0.15, 0.2) is 0 Å². The standard InChI is InChI=1S/C14H18N2O3/c1-10(2)7-8-15-14(19)16-12-5-3-11(4-6-12)9-13(17)18/h3-7H,8-9H2,1-2H3,(H,17,18)(H2,15,16,19). The average Bonchev–Trinajstić information content (AvgIpc) is 2.30. The van der Waals surface area contributed by atoms with Crippen molar-refractivity contribution in [2.24, 2.45) is 0 Å². The number of carbonyl (C=O) groups is 2. The molecule has 0 aliphatic heterocycles. The van der Waals surface area contributed by atoms with Crippen molar-refractivity contribution in [2.75, 3.05) is 11.9 Å². The van der Waals surface area contributed by atoms with E-state index in [1.165, 1.54) is 0 Å². The van der Waals surface area contributed by atoms with Crippen LogP contribution in [-0.4, -0.2) is 23.7 Å². The van der Waals surface area contributed by atoms with Crippen molar-refractivity contribution in [3.8, 4) is 0 Å². The summed E-state index contributed by atoms with van der Waals surface area (Å²) in [5.74, 6) is -0.875. The average molecular weight is 262 g/mol. The third-order valence-electron chi connectivity index (χ3n) is 2.34. The Kier molecular flexibility index (Phi) is 5.60. The van der Waals surface area contributed by atoms with Gasteiger partial charge in [0.2, 0.25) is 0 Å². The van der Waals surface area contributed by atoms with E-state index in [-0.39, 0.29) is 12.5 Å². The first-order chi connectivity index (χ1) is 8.97. The molecule has 2 amide bonds. The summed E-state index contributed by atoms with van der Waals surface area (Å²) in [4.78, 5) is 22.0. The van der Waals surface area contributed by atoms with Crippen LogP contribution < -0.4 is 10.6 Å². The smallest absolute Gasteiger partial charge is 0.319 e. The molecule has 0 heterocycles. The Morgan fingerprint density at radius 1 is 1.21 bits per heavy atom. The van der Waals surface area contributed by atoms with E-state index in [0.29, 0.717) is 17.8 Å². The van der Waals surface area contributed by atoms with Gasteiger partial charge in [-0.2, -0.15) is 0 Å². The number of hydrogen-bond donors (Lipinski definition) is 3. The Hall–Kier alpha value is -2.30. The molecule has 0 aliphatic rings. The molecule has 0 radical (unpaired) electrons. The van der Waals surface area contributed by atoms with Crippen LogP contribution in [0.25, 0.3) is 0 Å². The fraction of sp³-hybridized carbons (Fsp3) is 0.286. The molecule has 0 saturated heterocycles. The molecule has 0 unspecified atom stereocenters. The SMILES string of the molecule is CC(C)=CCNC(=O)Nc1ccc(CC(=O)O)cc1. The number of urea groups is 1. The third-order valence-corrected chi connectivity index (χ3v) is 2.34. The maximum Gasteiger partial charge on any atom is 0.319 e. The van der Waals surface area contributed by atoms with Crippen molar-refractivity contribution in [2.45, 2.75) is 20.3 Å². The van der Waals surface area contributed by atoms with Crippen LogP contribution in [0.2, 0.25) is 0 Å². The molecule has 5 nitrogen and oxygen atoms in total. The van der Waals surface area contributed by atoms with Crippen LogP contribution in [0.4, 0.5) is 10.5 Å². The summed E-state index contributed by atoms with van der Waals surface area (Å²) < 4.78 is 0. The summed E-state index contributed by atoms with van der Waals surface area (Å²) in [6.07, 6.45) is 1.89. The molecular formula is C14H18N2O3. The Balaban J connectivity index is 2.46. The van der Waals surface area contributed by atoms with Gasteiger partial charge in [-0.1, -0.05) is 23.8 Å². The zero-order valence-corrected chi connectivity index (χ0v) is 11.1. The second kappa shape index (κ2) is 7.20. The normalized spacial score (nSPS) is 9.58. The van der Waals surface area contributed by atoms with Crippen LogP contribution in [0.5, 0.6) is 0 Å². The Labute approximate surface area is 112 Å². The van der Waals surface area contributed by atoms with Crippen LogP contribution in [-0.2, 0) is 11.2 Å². The van der Waals surface area contributed by atoms with Gasteiger partial charge in [0.05, 0.1) is 6.42 Å². The number of nitrogens with one attached hydrogen (secondary N) is 2. The maximum atomic E-state index is 11.5. The number of benzene rings is 1. The number of allylic oxidation sites excluding steroid dienone is 1. The lowest BCUT2D eigenvalue weighted by Crippen LogP contribution is -2.28. The molecule has 0 aliphatic carbocycles. The minimum Gasteiger partial charge on any atom is -0.481 e. The largest absolute Gasteiger partial charge is 0.481 e. The van der Waals surface area contributed by atoms with Gasteiger partial charge in [0.25, 0.3) is 0 Å². The molecule has 3 N–H and O–H groups in total. The molecule has 0 atom stereocenters. The van der Waals surface area contributed by atoms with Crippen molar-refractivity contribution in [1.29, 1.82) is 0 Å². The van der Waals surface area contributed by atoms with E-state index in [4.69, 9.17) is 5.11 Å². The van der Waals surface area contributed by atoms with Crippen molar-refractivity contribution in [3.05, 3.63) is 41.5 Å². The number of aliphatic carboxylic acids is 1. The monoisotopic (exact) mass is 262 g/mol. The first kappa shape index (κ1) is 14.8. The van der Waals surface area contributed by atoms with Gasteiger partial charge in [-0.25, -0.2) is 4.79 Å². The van der Waals surface area contributed by atoms with Crippen molar-refractivity contribution >= 4 is 17.7 Å². The highest BCUT2D eigenvalue weighted by Crippen LogP contribution is 2.09. The predicted octanol–water partition coefficient (Wildman–Crippen LogP) is 2.40. The summed E-state index contributed by atoms with van der Waals surface area (Å²) in [7, 11) is 0. The van der Waals surface area contributed by atoms with Gasteiger partial charge in [0.1, 0.15) is 0 Å². The summed E-state index contributed by atoms with van der Waals surface area (Å²) >= 11 is 0. The predicted molar refractivity (Wildman–Crippen MR) is 74.2 cm³/mol. The Morgan fingerprint density at radius 2 is 1.84 bits per heavy atom. The molecule has 19 heavy (non-hydrogen) atoms. The van der Waals surface area contributed by atoms with E-state index in [2.05, 4.69) is 10.6 Å². The number of amides is 2. The molecule has 0 bridgehead atoms. The van der Waals surface area contributed by atoms with E-state index in [1.807, 2.05) is 19.9 Å². The molecular weight excluding hydrogens is 244 g/mol. The van der Waals surface area contributed by atoms with E-state index in [0.717, 1.165) is 5.57 Å². The lowest BCUT2D eigenvalue weighted by molar-refractivity contribution is -0.136. The fourth-order valence-corrected chi connectivity index (χ4v) is 1.40. The van der Waals surface area contributed by atoms with Gasteiger partial charge < -0.3 is 15.7 Å². The number of rotatable bonds is 5. The van der Waals surface area contributed by atoms with E-state index in [1.54, 1.807) is 24.3 Å². The van der Waals surface area contributed by atoms with Crippen LogP contribution in [0, 0.1) is 0 Å². The number of carbonyl (C=O) groups excluding carboxylic acids is 1. The first-order valence-electron chi connectivity index (χ1n) is 5.96. The van der Waals surface area contributed by atoms with E-state index in [9.17, 15) is 9.59 Å². The van der Waals surface area contributed by atoms with Crippen LogP contribution in [0.3, 0.4) is 0 Å². The summed E-state index contributed by atoms with van der Waals surface area (Å²) in [6.45, 7) is 4.40. The van der Waals surface area contributed by atoms with Crippen LogP contribution in [0.15, 0.2) is 35.9 Å². The van der Waals surface area contributed by atoms with E-state index >= 15 is 0 Å². The number of hydrogen-bond acceptors (Lipinski definition) is 2. The number of carboxylic acids is 1. The minimum absolute atomic E-state index is 0.0208. The lowest BCUT2D eigenvalue weighted by atomic mass is 10.1. The fourth-order valence-electron chi connectivity index (χ4n) is 1.40. The second-order valence-electron chi connectivity index (χ2n) is 4.38. The highest BCUT2D eigenvalue weighted by Gasteiger charge is 2.02. The molecule has 0 aromatic heterocycles. The Bertz CT molecular complexity index is 474. The zero-order valence-electron chi connectivity index (χ0n) is 11.1. The zero-order chi connectivity index (χ0) is 14.3. The molecule has 0 spiro atoms. The van der Waals surface area contributed by atoms with Crippen molar-refractivity contribution in [3.63, 3.8) is 0 Å². The number of anilines is 1. The Morgan fingerprint density at radius 3 is 2.37 bits per heavy atom. The molecule has 1 aromatic rings. The molecule has 0 fully saturated rings. The van der Waals surface area contributed by atoms with Gasteiger partial charge in [-0.15, -0.1) is 0 Å². The van der Waals surface area contributed by atoms with Gasteiger partial charge in [-0.05, 0) is 31.5 Å². The second-order valence-corrected chi connectivity index (χ2v) is 4.38. The maximum absolute atomic E-state index is 11.5. The highest BCUT2D eigenvalue weighted by atomic mass is 16.4. The van der Waals surface area contributed by atoms with E-state index < -0.39 is 5.97 Å². The summed E-state index contributed by atoms with van der Waals surface area (Å²) in [6, 6.07) is 6.43. The molecule has 102 valence electrons. The highest BCUT2D eigenvalue weighted by molar-refractivity contribution is 5.89. The molecule has 1 rings (SSSR count). The molecule has 0 saturated carbocycles. The summed E-state index contributed by atoms with van der Waals surface area (Å²) in [5, 5.41) is 14.0. The topological polar surface area (TPSA) is 78.4 Å². The van der Waals surface area contributed by atoms with Crippen molar-refractivity contribution < 1.29 is 14.7 Å². The van der Waals surface area contributed by atoms with Gasteiger partial charge in [0, 0.05) is 12.2 Å². The summed E-state index contributed by atoms with van der Waals surface area (Å²) in [5.41, 5.74) is 2.46. The lowest BCUT2D eigenvalue weighted by Gasteiger charge is -2.06. The van der Waals surface area contributed by atoms with Crippen molar-refractivity contribution in [1.82, 2.24) is 5.32 Å². The quantitative estimate of drug-likeness (QED) is 0.713. The molecule has 5 heteroatoms. The van der Waals surface area contributed by atoms with Gasteiger partial charge in [-0.3, -0.25) is 4.79 Å². The van der Waals surface area contributed by atoms with Crippen LogP contribution >= 0.6 is 0 Å². The third kappa shape index (κ3) is 6.26. The first-order valence-corrected chi connectivity index (χ1v) is 5.96.